The second-order valence-corrected chi connectivity index (χ2v) is 4.82. The van der Waals surface area contributed by atoms with E-state index in [9.17, 15) is 9.18 Å². The smallest absolute Gasteiger partial charge is 0.254 e. The van der Waals surface area contributed by atoms with Crippen molar-refractivity contribution in [1.82, 2.24) is 5.32 Å². The van der Waals surface area contributed by atoms with Gasteiger partial charge in [-0.2, -0.15) is 0 Å². The summed E-state index contributed by atoms with van der Waals surface area (Å²) in [6.07, 6.45) is 0. The van der Waals surface area contributed by atoms with Crippen molar-refractivity contribution in [2.45, 2.75) is 6.54 Å². The van der Waals surface area contributed by atoms with E-state index in [1.54, 1.807) is 18.2 Å². The first kappa shape index (κ1) is 15.1. The highest BCUT2D eigenvalue weighted by Crippen LogP contribution is 2.22. The Morgan fingerprint density at radius 1 is 1.33 bits per heavy atom. The van der Waals surface area contributed by atoms with Gasteiger partial charge in [-0.05, 0) is 35.9 Å². The third-order valence-electron chi connectivity index (χ3n) is 2.92. The zero-order valence-corrected chi connectivity index (χ0v) is 12.1. The van der Waals surface area contributed by atoms with Crippen molar-refractivity contribution in [3.8, 4) is 5.75 Å². The molecule has 0 aliphatic heterocycles. The normalized spacial score (nSPS) is 10.2. The molecule has 0 atom stereocenters. The summed E-state index contributed by atoms with van der Waals surface area (Å²) in [6, 6.07) is 8.99. The van der Waals surface area contributed by atoms with Gasteiger partial charge in [0.2, 0.25) is 0 Å². The zero-order chi connectivity index (χ0) is 15.4. The van der Waals surface area contributed by atoms with Crippen molar-refractivity contribution in [2.75, 3.05) is 12.8 Å². The van der Waals surface area contributed by atoms with E-state index < -0.39 is 11.7 Å². The Hall–Kier alpha value is -2.27. The molecule has 0 aliphatic rings. The average molecular weight is 309 g/mol. The van der Waals surface area contributed by atoms with Crippen LogP contribution in [0.2, 0.25) is 5.02 Å². The Kier molecular flexibility index (Phi) is 4.65. The minimum Gasteiger partial charge on any atom is -0.495 e. The molecule has 0 bridgehead atoms. The molecule has 0 saturated heterocycles. The number of ether oxygens (including phenoxy) is 1. The molecule has 6 heteroatoms. The first-order valence-corrected chi connectivity index (χ1v) is 6.54. The van der Waals surface area contributed by atoms with Crippen LogP contribution in [0.5, 0.6) is 5.75 Å². The molecular formula is C15H14ClFN2O2. The zero-order valence-electron chi connectivity index (χ0n) is 11.3. The fraction of sp³-hybridized carbons (Fsp3) is 0.133. The quantitative estimate of drug-likeness (QED) is 0.853. The number of carbonyl (C=O) groups is 1. The van der Waals surface area contributed by atoms with Crippen LogP contribution in [-0.2, 0) is 6.54 Å². The number of nitrogens with one attached hydrogen (secondary N) is 1. The van der Waals surface area contributed by atoms with Gasteiger partial charge in [0.05, 0.1) is 18.4 Å². The van der Waals surface area contributed by atoms with Crippen LogP contribution in [0.15, 0.2) is 36.4 Å². The van der Waals surface area contributed by atoms with Crippen molar-refractivity contribution in [3.63, 3.8) is 0 Å². The van der Waals surface area contributed by atoms with Gasteiger partial charge in [0.1, 0.15) is 11.6 Å². The van der Waals surface area contributed by atoms with Gasteiger partial charge >= 0.3 is 0 Å². The van der Waals surface area contributed by atoms with Crippen molar-refractivity contribution >= 4 is 23.2 Å². The first-order valence-electron chi connectivity index (χ1n) is 6.17. The van der Waals surface area contributed by atoms with E-state index in [2.05, 4.69) is 5.32 Å². The minimum absolute atomic E-state index is 0.0935. The average Bonchev–Trinajstić information content (AvgIpc) is 2.47. The number of amides is 1. The molecule has 0 unspecified atom stereocenters. The summed E-state index contributed by atoms with van der Waals surface area (Å²) in [7, 11) is 1.52. The van der Waals surface area contributed by atoms with Gasteiger partial charge in [-0.3, -0.25) is 4.79 Å². The fourth-order valence-electron chi connectivity index (χ4n) is 1.84. The molecule has 0 fully saturated rings. The fourth-order valence-corrected chi connectivity index (χ4v) is 2.01. The molecule has 0 heterocycles. The van der Waals surface area contributed by atoms with E-state index >= 15 is 0 Å². The molecule has 2 aromatic rings. The predicted molar refractivity (Wildman–Crippen MR) is 80.0 cm³/mol. The number of methoxy groups -OCH3 is 1. The minimum atomic E-state index is -0.619. The van der Waals surface area contributed by atoms with Gasteiger partial charge in [0.25, 0.3) is 5.91 Å². The number of nitrogen functional groups attached to an aromatic ring is 1. The number of hydrogen-bond donors (Lipinski definition) is 2. The maximum atomic E-state index is 13.6. The lowest BCUT2D eigenvalue weighted by molar-refractivity contribution is 0.0947. The predicted octanol–water partition coefficient (Wildman–Crippen LogP) is 3.00. The van der Waals surface area contributed by atoms with E-state index in [1.807, 2.05) is 0 Å². The van der Waals surface area contributed by atoms with Crippen LogP contribution in [0.1, 0.15) is 15.9 Å². The van der Waals surface area contributed by atoms with Gasteiger partial charge < -0.3 is 15.8 Å². The summed E-state index contributed by atoms with van der Waals surface area (Å²) in [5.74, 6) is -0.596. The van der Waals surface area contributed by atoms with Crippen LogP contribution < -0.4 is 15.8 Å². The first-order chi connectivity index (χ1) is 10.0. The Balaban J connectivity index is 2.07. The SMILES string of the molecule is COc1ccc(CNC(=O)c2cc(Cl)ccc2F)cc1N. The molecule has 2 aromatic carbocycles. The molecule has 1 amide bonds. The van der Waals surface area contributed by atoms with Crippen LogP contribution >= 0.6 is 11.6 Å². The van der Waals surface area contributed by atoms with Crippen molar-refractivity contribution in [1.29, 1.82) is 0 Å². The summed E-state index contributed by atoms with van der Waals surface area (Å²) in [6.45, 7) is 0.221. The molecule has 0 aromatic heterocycles. The molecule has 0 saturated carbocycles. The molecule has 0 aliphatic carbocycles. The number of carbonyl (C=O) groups excluding carboxylic acids is 1. The summed E-state index contributed by atoms with van der Waals surface area (Å²) in [4.78, 5) is 11.9. The van der Waals surface area contributed by atoms with Gasteiger partial charge in [-0.15, -0.1) is 0 Å². The Morgan fingerprint density at radius 2 is 2.10 bits per heavy atom. The maximum Gasteiger partial charge on any atom is 0.254 e. The third kappa shape index (κ3) is 3.64. The number of anilines is 1. The Labute approximate surface area is 126 Å². The highest BCUT2D eigenvalue weighted by atomic mass is 35.5. The molecule has 110 valence electrons. The molecule has 21 heavy (non-hydrogen) atoms. The molecule has 2 rings (SSSR count). The number of benzene rings is 2. The van der Waals surface area contributed by atoms with Crippen LogP contribution in [0.3, 0.4) is 0 Å². The molecule has 0 spiro atoms. The Morgan fingerprint density at radius 3 is 2.76 bits per heavy atom. The van der Waals surface area contributed by atoms with Crippen LogP contribution in [0, 0.1) is 5.82 Å². The topological polar surface area (TPSA) is 64.3 Å². The van der Waals surface area contributed by atoms with Crippen LogP contribution in [0.4, 0.5) is 10.1 Å². The van der Waals surface area contributed by atoms with Crippen molar-refractivity contribution in [3.05, 3.63) is 58.4 Å². The summed E-state index contributed by atoms with van der Waals surface area (Å²) in [5.41, 5.74) is 6.94. The standard InChI is InChI=1S/C15H14ClFN2O2/c1-21-14-5-2-9(6-13(14)18)8-19-15(20)11-7-10(16)3-4-12(11)17/h2-7H,8,18H2,1H3,(H,19,20). The highest BCUT2D eigenvalue weighted by molar-refractivity contribution is 6.31. The van der Waals surface area contributed by atoms with E-state index in [1.165, 1.54) is 19.2 Å². The van der Waals surface area contributed by atoms with Gasteiger partial charge in [-0.25, -0.2) is 4.39 Å². The number of halogens is 2. The number of rotatable bonds is 4. The van der Waals surface area contributed by atoms with Crippen molar-refractivity contribution < 1.29 is 13.9 Å². The number of nitrogens with two attached hydrogens (primary N) is 1. The monoisotopic (exact) mass is 308 g/mol. The van der Waals surface area contributed by atoms with Gasteiger partial charge in [0.15, 0.2) is 0 Å². The lowest BCUT2D eigenvalue weighted by Crippen LogP contribution is -2.23. The third-order valence-corrected chi connectivity index (χ3v) is 3.16. The Bertz CT molecular complexity index is 677. The van der Waals surface area contributed by atoms with E-state index in [0.29, 0.717) is 16.5 Å². The largest absolute Gasteiger partial charge is 0.495 e. The van der Waals surface area contributed by atoms with Crippen LogP contribution in [0.25, 0.3) is 0 Å². The second kappa shape index (κ2) is 6.45. The van der Waals surface area contributed by atoms with E-state index in [-0.39, 0.29) is 12.1 Å². The molecule has 4 nitrogen and oxygen atoms in total. The highest BCUT2D eigenvalue weighted by Gasteiger charge is 2.12. The van der Waals surface area contributed by atoms with Gasteiger partial charge in [0, 0.05) is 11.6 Å². The van der Waals surface area contributed by atoms with Crippen molar-refractivity contribution in [2.24, 2.45) is 0 Å². The summed E-state index contributed by atoms with van der Waals surface area (Å²) < 4.78 is 18.6. The maximum absolute atomic E-state index is 13.6. The van der Waals surface area contributed by atoms with Crippen LogP contribution in [-0.4, -0.2) is 13.0 Å². The van der Waals surface area contributed by atoms with E-state index in [0.717, 1.165) is 11.6 Å². The second-order valence-electron chi connectivity index (χ2n) is 4.38. The molecule has 3 N–H and O–H groups in total. The lowest BCUT2D eigenvalue weighted by atomic mass is 10.1. The number of hydrogen-bond acceptors (Lipinski definition) is 3. The van der Waals surface area contributed by atoms with Gasteiger partial charge in [-0.1, -0.05) is 17.7 Å². The molecular weight excluding hydrogens is 295 g/mol. The molecule has 0 radical (unpaired) electrons. The van der Waals surface area contributed by atoms with E-state index in [4.69, 9.17) is 22.1 Å². The lowest BCUT2D eigenvalue weighted by Gasteiger charge is -2.09. The summed E-state index contributed by atoms with van der Waals surface area (Å²) in [5, 5.41) is 2.92. The summed E-state index contributed by atoms with van der Waals surface area (Å²) >= 11 is 5.76.